The van der Waals surface area contributed by atoms with Crippen LogP contribution < -0.4 is 4.74 Å². The molecule has 0 saturated heterocycles. The standard InChI is InChI=1S/C13H9ClFNO2/c14-11-3-4-12(13(15)10(11)7-17)18-8-9-2-1-5-16-6-9/h1-7H,8H2. The highest BCUT2D eigenvalue weighted by molar-refractivity contribution is 6.33. The zero-order valence-corrected chi connectivity index (χ0v) is 10.0. The highest BCUT2D eigenvalue weighted by Gasteiger charge is 2.12. The summed E-state index contributed by atoms with van der Waals surface area (Å²) in [5.41, 5.74) is 0.611. The van der Waals surface area contributed by atoms with Gasteiger partial charge in [0.1, 0.15) is 6.61 Å². The van der Waals surface area contributed by atoms with Gasteiger partial charge in [0.15, 0.2) is 17.9 Å². The van der Waals surface area contributed by atoms with Crippen molar-refractivity contribution in [1.82, 2.24) is 4.98 Å². The predicted molar refractivity (Wildman–Crippen MR) is 65.4 cm³/mol. The number of aldehydes is 1. The van der Waals surface area contributed by atoms with E-state index in [1.54, 1.807) is 18.5 Å². The van der Waals surface area contributed by atoms with Gasteiger partial charge in [0, 0.05) is 18.0 Å². The van der Waals surface area contributed by atoms with E-state index in [4.69, 9.17) is 16.3 Å². The Balaban J connectivity index is 2.18. The van der Waals surface area contributed by atoms with Crippen LogP contribution in [0.25, 0.3) is 0 Å². The largest absolute Gasteiger partial charge is 0.486 e. The van der Waals surface area contributed by atoms with Gasteiger partial charge in [-0.15, -0.1) is 0 Å². The first-order valence-electron chi connectivity index (χ1n) is 5.17. The summed E-state index contributed by atoms with van der Waals surface area (Å²) in [6.07, 6.45) is 3.62. The lowest BCUT2D eigenvalue weighted by molar-refractivity contribution is 0.111. The Hall–Kier alpha value is -1.94. The Kier molecular flexibility index (Phi) is 3.89. The van der Waals surface area contributed by atoms with Gasteiger partial charge in [-0.2, -0.15) is 0 Å². The van der Waals surface area contributed by atoms with Gasteiger partial charge in [0.05, 0.1) is 10.6 Å². The maximum atomic E-state index is 13.8. The fraction of sp³-hybridized carbons (Fsp3) is 0.0769. The van der Waals surface area contributed by atoms with Crippen LogP contribution in [0.15, 0.2) is 36.7 Å². The molecule has 2 rings (SSSR count). The maximum absolute atomic E-state index is 13.8. The van der Waals surface area contributed by atoms with E-state index in [9.17, 15) is 9.18 Å². The van der Waals surface area contributed by atoms with Gasteiger partial charge in [-0.05, 0) is 18.2 Å². The highest BCUT2D eigenvalue weighted by atomic mass is 35.5. The minimum Gasteiger partial charge on any atom is -0.486 e. The molecule has 0 atom stereocenters. The molecule has 0 unspecified atom stereocenters. The molecule has 5 heteroatoms. The lowest BCUT2D eigenvalue weighted by Gasteiger charge is -2.08. The topological polar surface area (TPSA) is 39.2 Å². The summed E-state index contributed by atoms with van der Waals surface area (Å²) in [5, 5.41) is 0.0660. The molecular weight excluding hydrogens is 257 g/mol. The summed E-state index contributed by atoms with van der Waals surface area (Å²) in [6, 6.07) is 6.38. The summed E-state index contributed by atoms with van der Waals surface area (Å²) < 4.78 is 19.1. The first kappa shape index (κ1) is 12.5. The molecule has 0 aliphatic heterocycles. The fourth-order valence-electron chi connectivity index (χ4n) is 1.41. The molecule has 2 aromatic rings. The van der Waals surface area contributed by atoms with E-state index >= 15 is 0 Å². The molecule has 1 aromatic heterocycles. The Morgan fingerprint density at radius 3 is 2.89 bits per heavy atom. The first-order chi connectivity index (χ1) is 8.72. The molecular formula is C13H9ClFNO2. The zero-order chi connectivity index (χ0) is 13.0. The van der Waals surface area contributed by atoms with Crippen LogP contribution in [0.1, 0.15) is 15.9 Å². The Morgan fingerprint density at radius 2 is 2.22 bits per heavy atom. The van der Waals surface area contributed by atoms with Gasteiger partial charge < -0.3 is 4.74 Å². The average Bonchev–Trinajstić information content (AvgIpc) is 2.40. The van der Waals surface area contributed by atoms with E-state index in [1.807, 2.05) is 6.07 Å². The van der Waals surface area contributed by atoms with Crippen LogP contribution in [0.4, 0.5) is 4.39 Å². The Bertz CT molecular complexity index is 560. The van der Waals surface area contributed by atoms with Crippen molar-refractivity contribution in [3.63, 3.8) is 0 Å². The van der Waals surface area contributed by atoms with Crippen LogP contribution in [0.5, 0.6) is 5.75 Å². The number of carbonyl (C=O) groups is 1. The molecule has 0 N–H and O–H groups in total. The average molecular weight is 266 g/mol. The molecule has 0 radical (unpaired) electrons. The van der Waals surface area contributed by atoms with E-state index in [0.29, 0.717) is 6.29 Å². The Labute approximate surface area is 108 Å². The highest BCUT2D eigenvalue weighted by Crippen LogP contribution is 2.26. The van der Waals surface area contributed by atoms with Gasteiger partial charge in [-0.25, -0.2) is 4.39 Å². The van der Waals surface area contributed by atoms with Crippen molar-refractivity contribution < 1.29 is 13.9 Å². The molecule has 0 spiro atoms. The number of benzene rings is 1. The van der Waals surface area contributed by atoms with Gasteiger partial charge in [0.2, 0.25) is 0 Å². The first-order valence-corrected chi connectivity index (χ1v) is 5.55. The second kappa shape index (κ2) is 5.60. The normalized spacial score (nSPS) is 10.1. The van der Waals surface area contributed by atoms with Crippen molar-refractivity contribution >= 4 is 17.9 Å². The lowest BCUT2D eigenvalue weighted by atomic mass is 10.2. The van der Waals surface area contributed by atoms with E-state index in [2.05, 4.69) is 4.98 Å². The van der Waals surface area contributed by atoms with Crippen molar-refractivity contribution in [3.05, 3.63) is 58.6 Å². The van der Waals surface area contributed by atoms with E-state index in [-0.39, 0.29) is 22.9 Å². The summed E-state index contributed by atoms with van der Waals surface area (Å²) in [4.78, 5) is 14.6. The molecule has 0 aliphatic carbocycles. The molecule has 0 fully saturated rings. The molecule has 1 aromatic carbocycles. The van der Waals surface area contributed by atoms with E-state index < -0.39 is 5.82 Å². The third-order valence-electron chi connectivity index (χ3n) is 2.33. The minimum atomic E-state index is -0.749. The van der Waals surface area contributed by atoms with Crippen molar-refractivity contribution in [1.29, 1.82) is 0 Å². The Morgan fingerprint density at radius 1 is 1.39 bits per heavy atom. The van der Waals surface area contributed by atoms with Crippen molar-refractivity contribution in [2.75, 3.05) is 0 Å². The predicted octanol–water partition coefficient (Wildman–Crippen LogP) is 3.27. The third-order valence-corrected chi connectivity index (χ3v) is 2.66. The number of pyridine rings is 1. The van der Waals surface area contributed by atoms with Crippen molar-refractivity contribution in [2.24, 2.45) is 0 Å². The smallest absolute Gasteiger partial charge is 0.177 e. The molecule has 0 bridgehead atoms. The number of aromatic nitrogens is 1. The maximum Gasteiger partial charge on any atom is 0.177 e. The van der Waals surface area contributed by atoms with Crippen LogP contribution >= 0.6 is 11.6 Å². The number of rotatable bonds is 4. The number of halogens is 2. The lowest BCUT2D eigenvalue weighted by Crippen LogP contribution is -2.00. The molecule has 3 nitrogen and oxygen atoms in total. The fourth-order valence-corrected chi connectivity index (χ4v) is 1.60. The van der Waals surface area contributed by atoms with Crippen LogP contribution in [0.3, 0.4) is 0 Å². The summed E-state index contributed by atoms with van der Waals surface area (Å²) in [7, 11) is 0. The molecule has 0 saturated carbocycles. The third kappa shape index (κ3) is 2.65. The van der Waals surface area contributed by atoms with Gasteiger partial charge in [-0.3, -0.25) is 9.78 Å². The van der Waals surface area contributed by atoms with Crippen LogP contribution in [-0.4, -0.2) is 11.3 Å². The number of carbonyl (C=O) groups excluding carboxylic acids is 1. The van der Waals surface area contributed by atoms with Crippen molar-refractivity contribution in [2.45, 2.75) is 6.61 Å². The van der Waals surface area contributed by atoms with E-state index in [1.165, 1.54) is 12.1 Å². The van der Waals surface area contributed by atoms with Crippen LogP contribution in [0.2, 0.25) is 5.02 Å². The van der Waals surface area contributed by atoms with Gasteiger partial charge in [-0.1, -0.05) is 17.7 Å². The summed E-state index contributed by atoms with van der Waals surface area (Å²) in [6.45, 7) is 0.171. The molecule has 1 heterocycles. The molecule has 0 amide bonds. The molecule has 92 valence electrons. The summed E-state index contributed by atoms with van der Waals surface area (Å²) in [5.74, 6) is -0.758. The molecule has 0 aliphatic rings. The number of hydrogen-bond acceptors (Lipinski definition) is 3. The van der Waals surface area contributed by atoms with Gasteiger partial charge in [0.25, 0.3) is 0 Å². The van der Waals surface area contributed by atoms with Crippen LogP contribution in [-0.2, 0) is 6.61 Å². The number of nitrogens with zero attached hydrogens (tertiary/aromatic N) is 1. The second-order valence-corrected chi connectivity index (χ2v) is 3.95. The minimum absolute atomic E-state index is 0.00893. The quantitative estimate of drug-likeness (QED) is 0.797. The second-order valence-electron chi connectivity index (χ2n) is 3.54. The van der Waals surface area contributed by atoms with Gasteiger partial charge >= 0.3 is 0 Å². The van der Waals surface area contributed by atoms with Crippen molar-refractivity contribution in [3.8, 4) is 5.75 Å². The number of ether oxygens (including phenoxy) is 1. The zero-order valence-electron chi connectivity index (χ0n) is 9.27. The SMILES string of the molecule is O=Cc1c(Cl)ccc(OCc2cccnc2)c1F. The van der Waals surface area contributed by atoms with E-state index in [0.717, 1.165) is 5.56 Å². The summed E-state index contributed by atoms with van der Waals surface area (Å²) >= 11 is 5.68. The monoisotopic (exact) mass is 265 g/mol. The number of hydrogen-bond donors (Lipinski definition) is 0. The molecule has 18 heavy (non-hydrogen) atoms. The van der Waals surface area contributed by atoms with Crippen LogP contribution in [0, 0.1) is 5.82 Å².